The molecule has 72 valence electrons. The summed E-state index contributed by atoms with van der Waals surface area (Å²) in [5, 5.41) is 29.5. The molecule has 1 N–H and O–H groups in total. The van der Waals surface area contributed by atoms with Gasteiger partial charge in [0.2, 0.25) is 0 Å². The van der Waals surface area contributed by atoms with E-state index in [1.54, 1.807) is 11.5 Å². The molecule has 0 aliphatic heterocycles. The molecule has 0 bridgehead atoms. The van der Waals surface area contributed by atoms with Crippen molar-refractivity contribution in [2.45, 2.75) is 11.5 Å². The van der Waals surface area contributed by atoms with Gasteiger partial charge < -0.3 is 5.11 Å². The lowest BCUT2D eigenvalue weighted by Gasteiger charge is -1.99. The van der Waals surface area contributed by atoms with Crippen LogP contribution in [0, 0.1) is 20.8 Å². The summed E-state index contributed by atoms with van der Waals surface area (Å²) in [4.78, 5) is 10.3. The monoisotopic (exact) mass is 210 g/mol. The maximum atomic E-state index is 10.6. The molecule has 1 rings (SSSR count). The van der Waals surface area contributed by atoms with E-state index in [9.17, 15) is 10.1 Å². The lowest BCUT2D eigenvalue weighted by Crippen LogP contribution is -1.93. The molecule has 0 spiro atoms. The van der Waals surface area contributed by atoms with Crippen LogP contribution < -0.4 is 0 Å². The standard InChI is InChI=1S/C8H6N2O3S/c9-5-14-8-2-1-6(4-11)3-7(8)10(12)13/h1-3,11H,4H2. The Kier molecular flexibility index (Phi) is 3.45. The fourth-order valence-corrected chi connectivity index (χ4v) is 1.41. The first-order valence-corrected chi connectivity index (χ1v) is 4.44. The van der Waals surface area contributed by atoms with Gasteiger partial charge in [0.25, 0.3) is 5.69 Å². The molecule has 1 aromatic carbocycles. The number of nitro benzene ring substituents is 1. The van der Waals surface area contributed by atoms with Crippen LogP contribution in [-0.4, -0.2) is 10.0 Å². The van der Waals surface area contributed by atoms with E-state index in [1.165, 1.54) is 12.1 Å². The minimum atomic E-state index is -0.571. The second kappa shape index (κ2) is 4.60. The fraction of sp³-hybridized carbons (Fsp3) is 0.125. The molecule has 0 fully saturated rings. The zero-order valence-corrected chi connectivity index (χ0v) is 7.82. The normalized spacial score (nSPS) is 9.43. The van der Waals surface area contributed by atoms with E-state index in [2.05, 4.69) is 0 Å². The van der Waals surface area contributed by atoms with Gasteiger partial charge in [0.1, 0.15) is 10.3 Å². The lowest BCUT2D eigenvalue weighted by molar-refractivity contribution is -0.387. The van der Waals surface area contributed by atoms with Crippen molar-refractivity contribution < 1.29 is 10.0 Å². The number of aliphatic hydroxyl groups is 1. The van der Waals surface area contributed by atoms with Crippen LogP contribution in [0.5, 0.6) is 0 Å². The number of nitrogens with zero attached hydrogens (tertiary/aromatic N) is 2. The van der Waals surface area contributed by atoms with Crippen LogP contribution in [0.3, 0.4) is 0 Å². The number of hydrogen-bond acceptors (Lipinski definition) is 5. The first kappa shape index (κ1) is 10.5. The van der Waals surface area contributed by atoms with E-state index in [0.29, 0.717) is 5.56 Å². The Morgan fingerprint density at radius 2 is 2.36 bits per heavy atom. The van der Waals surface area contributed by atoms with Gasteiger partial charge in [0.05, 0.1) is 11.5 Å². The molecule has 0 aliphatic rings. The van der Waals surface area contributed by atoms with Crippen LogP contribution in [0.4, 0.5) is 5.69 Å². The summed E-state index contributed by atoms with van der Waals surface area (Å²) in [6.07, 6.45) is 0. The number of nitriles is 1. The molecule has 0 saturated carbocycles. The minimum absolute atomic E-state index is 0.150. The second-order valence-corrected chi connectivity index (χ2v) is 3.24. The summed E-state index contributed by atoms with van der Waals surface area (Å²) < 4.78 is 0. The topological polar surface area (TPSA) is 87.2 Å². The third-order valence-electron chi connectivity index (χ3n) is 1.56. The van der Waals surface area contributed by atoms with E-state index in [1.807, 2.05) is 0 Å². The molecule has 5 nitrogen and oxygen atoms in total. The molecule has 0 unspecified atom stereocenters. The van der Waals surface area contributed by atoms with Gasteiger partial charge in [-0.05, 0) is 23.4 Å². The molecule has 0 saturated heterocycles. The van der Waals surface area contributed by atoms with E-state index < -0.39 is 4.92 Å². The number of hydrogen-bond donors (Lipinski definition) is 1. The largest absolute Gasteiger partial charge is 0.392 e. The molecule has 0 heterocycles. The van der Waals surface area contributed by atoms with Crippen molar-refractivity contribution in [3.63, 3.8) is 0 Å². The smallest absolute Gasteiger partial charge is 0.284 e. The van der Waals surface area contributed by atoms with Gasteiger partial charge in [-0.15, -0.1) is 0 Å². The van der Waals surface area contributed by atoms with Crippen molar-refractivity contribution in [1.82, 2.24) is 0 Å². The predicted octanol–water partition coefficient (Wildman–Crippen LogP) is 1.66. The zero-order chi connectivity index (χ0) is 10.6. The van der Waals surface area contributed by atoms with Crippen LogP contribution in [0.1, 0.15) is 5.56 Å². The quantitative estimate of drug-likeness (QED) is 0.355. The van der Waals surface area contributed by atoms with Crippen LogP contribution >= 0.6 is 11.8 Å². The third-order valence-corrected chi connectivity index (χ3v) is 2.21. The Balaban J connectivity index is 3.18. The van der Waals surface area contributed by atoms with E-state index in [4.69, 9.17) is 10.4 Å². The highest BCUT2D eigenvalue weighted by molar-refractivity contribution is 8.03. The fourth-order valence-electron chi connectivity index (χ4n) is 0.939. The minimum Gasteiger partial charge on any atom is -0.392 e. The first-order chi connectivity index (χ1) is 6.69. The number of thiocyanates is 1. The highest BCUT2D eigenvalue weighted by Crippen LogP contribution is 2.29. The SMILES string of the molecule is N#CSc1ccc(CO)cc1[N+](=O)[O-]. The van der Waals surface area contributed by atoms with E-state index >= 15 is 0 Å². The van der Waals surface area contributed by atoms with Crippen molar-refractivity contribution in [3.8, 4) is 5.40 Å². The van der Waals surface area contributed by atoms with Gasteiger partial charge in [0.15, 0.2) is 0 Å². The highest BCUT2D eigenvalue weighted by atomic mass is 32.2. The van der Waals surface area contributed by atoms with Crippen molar-refractivity contribution in [3.05, 3.63) is 33.9 Å². The number of rotatable bonds is 3. The van der Waals surface area contributed by atoms with Crippen molar-refractivity contribution >= 4 is 17.4 Å². The van der Waals surface area contributed by atoms with Gasteiger partial charge in [-0.3, -0.25) is 10.1 Å². The average molecular weight is 210 g/mol. The summed E-state index contributed by atoms with van der Waals surface area (Å²) in [7, 11) is 0. The third kappa shape index (κ3) is 2.22. The molecule has 0 aromatic heterocycles. The molecule has 0 atom stereocenters. The molecule has 6 heteroatoms. The first-order valence-electron chi connectivity index (χ1n) is 3.63. The van der Waals surface area contributed by atoms with E-state index in [0.717, 1.165) is 11.8 Å². The maximum absolute atomic E-state index is 10.6. The van der Waals surface area contributed by atoms with Crippen molar-refractivity contribution in [2.24, 2.45) is 0 Å². The molecule has 14 heavy (non-hydrogen) atoms. The van der Waals surface area contributed by atoms with E-state index in [-0.39, 0.29) is 17.2 Å². The summed E-state index contributed by atoms with van der Waals surface area (Å²) in [5.41, 5.74) is 0.307. The molecule has 0 aliphatic carbocycles. The van der Waals surface area contributed by atoms with Crippen LogP contribution in [-0.2, 0) is 6.61 Å². The van der Waals surface area contributed by atoms with Gasteiger partial charge in [0, 0.05) is 6.07 Å². The molecular weight excluding hydrogens is 204 g/mol. The van der Waals surface area contributed by atoms with Crippen LogP contribution in [0.2, 0.25) is 0 Å². The van der Waals surface area contributed by atoms with Crippen molar-refractivity contribution in [2.75, 3.05) is 0 Å². The van der Waals surface area contributed by atoms with Crippen LogP contribution in [0.25, 0.3) is 0 Å². The highest BCUT2D eigenvalue weighted by Gasteiger charge is 2.14. The summed E-state index contributed by atoms with van der Waals surface area (Å²) in [5.74, 6) is 0. The molecule has 0 radical (unpaired) electrons. The van der Waals surface area contributed by atoms with Crippen molar-refractivity contribution in [1.29, 1.82) is 5.26 Å². The zero-order valence-electron chi connectivity index (χ0n) is 7.01. The van der Waals surface area contributed by atoms with Crippen LogP contribution in [0.15, 0.2) is 23.1 Å². The maximum Gasteiger partial charge on any atom is 0.284 e. The lowest BCUT2D eigenvalue weighted by atomic mass is 10.2. The van der Waals surface area contributed by atoms with Gasteiger partial charge in [-0.1, -0.05) is 6.07 Å². The molecular formula is C8H6N2O3S. The van der Waals surface area contributed by atoms with Gasteiger partial charge in [-0.25, -0.2) is 0 Å². The van der Waals surface area contributed by atoms with Gasteiger partial charge >= 0.3 is 0 Å². The number of aliphatic hydroxyl groups excluding tert-OH is 1. The van der Waals surface area contributed by atoms with Gasteiger partial charge in [-0.2, -0.15) is 5.26 Å². The number of thioether (sulfide) groups is 1. The Morgan fingerprint density at radius 1 is 1.64 bits per heavy atom. The predicted molar refractivity (Wildman–Crippen MR) is 50.5 cm³/mol. The Hall–Kier alpha value is -1.58. The second-order valence-electron chi connectivity index (χ2n) is 2.41. The Bertz CT molecular complexity index is 400. The average Bonchev–Trinajstić information content (AvgIpc) is 2.18. The summed E-state index contributed by atoms with van der Waals surface area (Å²) >= 11 is 0.732. The summed E-state index contributed by atoms with van der Waals surface area (Å²) in [6, 6.07) is 4.27. The Labute approximate surface area is 84.1 Å². The molecule has 1 aromatic rings. The summed E-state index contributed by atoms with van der Waals surface area (Å²) in [6.45, 7) is -0.252. The number of nitro groups is 1. The Morgan fingerprint density at radius 3 is 2.86 bits per heavy atom. The number of benzene rings is 1. The molecule has 0 amide bonds.